The van der Waals surface area contributed by atoms with Crippen molar-refractivity contribution in [3.8, 4) is 5.75 Å². The molecule has 15 heavy (non-hydrogen) atoms. The average molecular weight is 206 g/mol. The van der Waals surface area contributed by atoms with E-state index >= 15 is 0 Å². The molecule has 0 saturated heterocycles. The van der Waals surface area contributed by atoms with E-state index in [2.05, 4.69) is 14.9 Å². The summed E-state index contributed by atoms with van der Waals surface area (Å²) in [6.07, 6.45) is 0. The maximum Gasteiger partial charge on any atom is 0.359 e. The molecule has 1 N–H and O–H groups in total. The molecular weight excluding hydrogens is 196 g/mol. The van der Waals surface area contributed by atoms with Crippen LogP contribution in [0.2, 0.25) is 0 Å². The van der Waals surface area contributed by atoms with Crippen molar-refractivity contribution < 1.29 is 14.3 Å². The van der Waals surface area contributed by atoms with E-state index in [0.29, 0.717) is 5.75 Å². The van der Waals surface area contributed by atoms with Crippen LogP contribution in [0.1, 0.15) is 10.5 Å². The molecule has 0 fully saturated rings. The topological polar surface area (TPSA) is 64.2 Å². The Morgan fingerprint density at radius 1 is 1.40 bits per heavy atom. The van der Waals surface area contributed by atoms with Gasteiger partial charge < -0.3 is 9.47 Å². The first-order valence-electron chi connectivity index (χ1n) is 4.36. The lowest BCUT2D eigenvalue weighted by Crippen LogP contribution is -2.01. The van der Waals surface area contributed by atoms with Crippen LogP contribution < -0.4 is 4.74 Å². The van der Waals surface area contributed by atoms with Crippen molar-refractivity contribution in [1.82, 2.24) is 10.2 Å². The molecule has 0 saturated carbocycles. The average Bonchev–Trinajstić information content (AvgIpc) is 2.70. The SMILES string of the molecule is COC(=O)c1n[nH]c2cc(OC)ccc12. The molecule has 2 aromatic rings. The number of hydrogen-bond acceptors (Lipinski definition) is 4. The van der Waals surface area contributed by atoms with Crippen LogP contribution >= 0.6 is 0 Å². The molecule has 0 aliphatic heterocycles. The van der Waals surface area contributed by atoms with Gasteiger partial charge in [-0.25, -0.2) is 4.79 Å². The Kier molecular flexibility index (Phi) is 2.29. The molecule has 78 valence electrons. The zero-order valence-corrected chi connectivity index (χ0v) is 8.40. The number of methoxy groups -OCH3 is 2. The van der Waals surface area contributed by atoms with Crippen molar-refractivity contribution in [2.75, 3.05) is 14.2 Å². The fraction of sp³-hybridized carbons (Fsp3) is 0.200. The Morgan fingerprint density at radius 2 is 2.20 bits per heavy atom. The smallest absolute Gasteiger partial charge is 0.359 e. The monoisotopic (exact) mass is 206 g/mol. The number of aromatic nitrogens is 2. The van der Waals surface area contributed by atoms with Crippen LogP contribution in [0, 0.1) is 0 Å². The van der Waals surface area contributed by atoms with E-state index < -0.39 is 5.97 Å². The van der Waals surface area contributed by atoms with Crippen LogP contribution in [0.15, 0.2) is 18.2 Å². The molecule has 0 radical (unpaired) electrons. The number of H-pyrrole nitrogens is 1. The summed E-state index contributed by atoms with van der Waals surface area (Å²) < 4.78 is 9.66. The van der Waals surface area contributed by atoms with Gasteiger partial charge in [0.15, 0.2) is 5.69 Å². The zero-order chi connectivity index (χ0) is 10.8. The van der Waals surface area contributed by atoms with E-state index in [1.54, 1.807) is 25.3 Å². The predicted molar refractivity (Wildman–Crippen MR) is 54.0 cm³/mol. The Labute approximate surface area is 86.0 Å². The van der Waals surface area contributed by atoms with Gasteiger partial charge in [-0.1, -0.05) is 0 Å². The van der Waals surface area contributed by atoms with Gasteiger partial charge in [-0.2, -0.15) is 5.10 Å². The van der Waals surface area contributed by atoms with Crippen LogP contribution in [0.4, 0.5) is 0 Å². The molecule has 0 bridgehead atoms. The third-order valence-corrected chi connectivity index (χ3v) is 2.15. The number of nitrogens with one attached hydrogen (secondary N) is 1. The number of fused-ring (bicyclic) bond motifs is 1. The summed E-state index contributed by atoms with van der Waals surface area (Å²) in [6.45, 7) is 0. The highest BCUT2D eigenvalue weighted by Gasteiger charge is 2.14. The highest BCUT2D eigenvalue weighted by molar-refractivity contribution is 6.02. The van der Waals surface area contributed by atoms with Crippen molar-refractivity contribution in [1.29, 1.82) is 0 Å². The highest BCUT2D eigenvalue weighted by atomic mass is 16.5. The minimum atomic E-state index is -0.452. The van der Waals surface area contributed by atoms with Crippen molar-refractivity contribution >= 4 is 16.9 Å². The molecule has 0 aliphatic rings. The molecule has 5 nitrogen and oxygen atoms in total. The number of ether oxygens (including phenoxy) is 2. The first-order valence-corrected chi connectivity index (χ1v) is 4.36. The molecule has 0 atom stereocenters. The van der Waals surface area contributed by atoms with Gasteiger partial charge in [0.1, 0.15) is 5.75 Å². The highest BCUT2D eigenvalue weighted by Crippen LogP contribution is 2.21. The first-order chi connectivity index (χ1) is 7.26. The van der Waals surface area contributed by atoms with Gasteiger partial charge >= 0.3 is 5.97 Å². The van der Waals surface area contributed by atoms with Gasteiger partial charge in [0, 0.05) is 11.5 Å². The molecule has 1 aromatic heterocycles. The van der Waals surface area contributed by atoms with Crippen molar-refractivity contribution in [3.05, 3.63) is 23.9 Å². The third-order valence-electron chi connectivity index (χ3n) is 2.15. The predicted octanol–water partition coefficient (Wildman–Crippen LogP) is 1.36. The Hall–Kier alpha value is -2.04. The lowest BCUT2D eigenvalue weighted by atomic mass is 10.2. The second-order valence-corrected chi connectivity index (χ2v) is 2.98. The number of rotatable bonds is 2. The van der Waals surface area contributed by atoms with Gasteiger partial charge in [-0.15, -0.1) is 0 Å². The summed E-state index contributed by atoms with van der Waals surface area (Å²) in [5, 5.41) is 7.36. The normalized spacial score (nSPS) is 10.3. The fourth-order valence-electron chi connectivity index (χ4n) is 1.38. The van der Waals surface area contributed by atoms with Crippen LogP contribution in [0.3, 0.4) is 0 Å². The number of hydrogen-bond donors (Lipinski definition) is 1. The Balaban J connectivity index is 2.57. The largest absolute Gasteiger partial charge is 0.497 e. The Bertz CT molecular complexity index is 504. The molecule has 0 aliphatic carbocycles. The van der Waals surface area contributed by atoms with Gasteiger partial charge in [0.25, 0.3) is 0 Å². The Morgan fingerprint density at radius 3 is 2.87 bits per heavy atom. The van der Waals surface area contributed by atoms with Gasteiger partial charge in [-0.3, -0.25) is 5.10 Å². The van der Waals surface area contributed by atoms with Crippen molar-refractivity contribution in [2.24, 2.45) is 0 Å². The van der Waals surface area contributed by atoms with Crippen LogP contribution in [-0.2, 0) is 4.74 Å². The van der Waals surface area contributed by atoms with Crippen LogP contribution in [0.25, 0.3) is 10.9 Å². The summed E-state index contributed by atoms with van der Waals surface area (Å²) in [5.41, 5.74) is 1.03. The molecule has 0 unspecified atom stereocenters. The number of aromatic amines is 1. The summed E-state index contributed by atoms with van der Waals surface area (Å²) in [7, 11) is 2.91. The number of carbonyl (C=O) groups is 1. The second kappa shape index (κ2) is 3.61. The lowest BCUT2D eigenvalue weighted by molar-refractivity contribution is 0.0596. The van der Waals surface area contributed by atoms with Gasteiger partial charge in [0.2, 0.25) is 0 Å². The van der Waals surface area contributed by atoms with E-state index in [-0.39, 0.29) is 5.69 Å². The van der Waals surface area contributed by atoms with Crippen molar-refractivity contribution in [2.45, 2.75) is 0 Å². The summed E-state index contributed by atoms with van der Waals surface area (Å²) in [6, 6.07) is 5.31. The van der Waals surface area contributed by atoms with Crippen LogP contribution in [-0.4, -0.2) is 30.4 Å². The van der Waals surface area contributed by atoms with Crippen LogP contribution in [0.5, 0.6) is 5.75 Å². The van der Waals surface area contributed by atoms with E-state index in [0.717, 1.165) is 10.9 Å². The number of esters is 1. The molecule has 0 spiro atoms. The zero-order valence-electron chi connectivity index (χ0n) is 8.40. The molecule has 1 aromatic carbocycles. The summed E-state index contributed by atoms with van der Waals surface area (Å²) >= 11 is 0. The summed E-state index contributed by atoms with van der Waals surface area (Å²) in [5.74, 6) is 0.258. The molecule has 5 heteroatoms. The fourth-order valence-corrected chi connectivity index (χ4v) is 1.38. The first kappa shape index (κ1) is 9.51. The van der Waals surface area contributed by atoms with Gasteiger partial charge in [0.05, 0.1) is 19.7 Å². The maximum absolute atomic E-state index is 11.3. The second-order valence-electron chi connectivity index (χ2n) is 2.98. The van der Waals surface area contributed by atoms with E-state index in [4.69, 9.17) is 4.74 Å². The molecular formula is C10H10N2O3. The molecule has 2 rings (SSSR count). The minimum absolute atomic E-state index is 0.287. The van der Waals surface area contributed by atoms with Gasteiger partial charge in [-0.05, 0) is 12.1 Å². The van der Waals surface area contributed by atoms with E-state index in [1.807, 2.05) is 0 Å². The minimum Gasteiger partial charge on any atom is -0.497 e. The third kappa shape index (κ3) is 1.52. The van der Waals surface area contributed by atoms with E-state index in [1.165, 1.54) is 7.11 Å². The number of nitrogens with zero attached hydrogens (tertiary/aromatic N) is 1. The molecule has 0 amide bonds. The molecule has 1 heterocycles. The summed E-state index contributed by atoms with van der Waals surface area (Å²) in [4.78, 5) is 11.3. The van der Waals surface area contributed by atoms with E-state index in [9.17, 15) is 4.79 Å². The standard InChI is InChI=1S/C10H10N2O3/c1-14-6-3-4-7-8(5-6)11-12-9(7)10(13)15-2/h3-5H,1-2H3,(H,11,12). The maximum atomic E-state index is 11.3. The quantitative estimate of drug-likeness (QED) is 0.753. The lowest BCUT2D eigenvalue weighted by Gasteiger charge is -1.98. The number of carbonyl (C=O) groups excluding carboxylic acids is 1. The number of benzene rings is 1. The van der Waals surface area contributed by atoms with Crippen molar-refractivity contribution in [3.63, 3.8) is 0 Å².